The monoisotopic (exact) mass is 336 g/mol. The normalized spacial score (nSPS) is 10.9. The van der Waals surface area contributed by atoms with Gasteiger partial charge in [-0.25, -0.2) is 9.78 Å². The Morgan fingerprint density at radius 1 is 1.20 bits per heavy atom. The van der Waals surface area contributed by atoms with Crippen LogP contribution in [0.3, 0.4) is 0 Å². The van der Waals surface area contributed by atoms with Crippen molar-refractivity contribution in [1.82, 2.24) is 10.1 Å². The zero-order valence-electron chi connectivity index (χ0n) is 13.1. The van der Waals surface area contributed by atoms with Crippen LogP contribution in [-0.4, -0.2) is 28.3 Å². The maximum atomic E-state index is 11.8. The fourth-order valence-electron chi connectivity index (χ4n) is 2.70. The number of hydrogen-bond donors (Lipinski definition) is 1. The van der Waals surface area contributed by atoms with E-state index < -0.39 is 5.97 Å². The molecular weight excluding hydrogens is 324 g/mol. The Morgan fingerprint density at radius 2 is 2.04 bits per heavy atom. The van der Waals surface area contributed by atoms with Crippen LogP contribution in [0.5, 0.6) is 5.75 Å². The lowest BCUT2D eigenvalue weighted by Crippen LogP contribution is -2.00. The number of pyridine rings is 1. The van der Waals surface area contributed by atoms with Crippen LogP contribution in [0.1, 0.15) is 10.4 Å². The zero-order valence-corrected chi connectivity index (χ0v) is 13.1. The van der Waals surface area contributed by atoms with E-state index in [1.165, 1.54) is 12.3 Å². The van der Waals surface area contributed by atoms with Crippen LogP contribution in [0.4, 0.5) is 0 Å². The van der Waals surface area contributed by atoms with E-state index in [-0.39, 0.29) is 11.3 Å². The molecule has 0 saturated carbocycles. The molecule has 7 heteroatoms. The molecule has 25 heavy (non-hydrogen) atoms. The topological polar surface area (TPSA) is 98.6 Å². The molecule has 0 aliphatic heterocycles. The Morgan fingerprint density at radius 3 is 2.76 bits per heavy atom. The number of methoxy groups -OCH3 is 1. The first-order valence-electron chi connectivity index (χ1n) is 7.40. The smallest absolute Gasteiger partial charge is 0.336 e. The fraction of sp³-hybridized carbons (Fsp3) is 0.0556. The van der Waals surface area contributed by atoms with Gasteiger partial charge in [0.2, 0.25) is 0 Å². The number of nitrogens with zero attached hydrogens (tertiary/aromatic N) is 2. The molecule has 0 saturated heterocycles. The number of ether oxygens (including phenoxy) is 1. The number of para-hydroxylation sites is 1. The van der Waals surface area contributed by atoms with Crippen LogP contribution < -0.4 is 4.74 Å². The van der Waals surface area contributed by atoms with Gasteiger partial charge in [0.25, 0.3) is 5.71 Å². The lowest BCUT2D eigenvalue weighted by molar-refractivity contribution is 0.0699. The van der Waals surface area contributed by atoms with Crippen LogP contribution >= 0.6 is 0 Å². The molecule has 0 radical (unpaired) electrons. The Balaban J connectivity index is 2.00. The highest BCUT2D eigenvalue weighted by Crippen LogP contribution is 2.35. The largest absolute Gasteiger partial charge is 0.496 e. The lowest BCUT2D eigenvalue weighted by atomic mass is 10.0. The van der Waals surface area contributed by atoms with Gasteiger partial charge in [-0.2, -0.15) is 0 Å². The number of aromatic carboxylic acids is 1. The molecule has 4 aromatic rings. The van der Waals surface area contributed by atoms with Crippen molar-refractivity contribution in [1.29, 1.82) is 0 Å². The second-order valence-corrected chi connectivity index (χ2v) is 5.25. The molecule has 0 fully saturated rings. The number of benzene rings is 1. The summed E-state index contributed by atoms with van der Waals surface area (Å²) in [5, 5.41) is 13.9. The average Bonchev–Trinajstić information content (AvgIpc) is 3.29. The molecular formula is C18H12N2O5. The highest BCUT2D eigenvalue weighted by molar-refractivity contribution is 6.07. The summed E-state index contributed by atoms with van der Waals surface area (Å²) in [7, 11) is 1.54. The van der Waals surface area contributed by atoms with Crippen molar-refractivity contribution in [2.75, 3.05) is 7.11 Å². The third-order valence-corrected chi connectivity index (χ3v) is 3.81. The molecule has 0 aliphatic rings. The summed E-state index contributed by atoms with van der Waals surface area (Å²) in [6, 6.07) is 12.1. The van der Waals surface area contributed by atoms with Gasteiger partial charge in [0, 0.05) is 5.56 Å². The van der Waals surface area contributed by atoms with Crippen LogP contribution in [0.25, 0.3) is 33.8 Å². The molecule has 1 N–H and O–H groups in total. The van der Waals surface area contributed by atoms with Gasteiger partial charge < -0.3 is 18.8 Å². The predicted molar refractivity (Wildman–Crippen MR) is 88.5 cm³/mol. The van der Waals surface area contributed by atoms with Crippen molar-refractivity contribution in [3.05, 3.63) is 54.3 Å². The third-order valence-electron chi connectivity index (χ3n) is 3.81. The first-order chi connectivity index (χ1) is 12.2. The molecule has 124 valence electrons. The summed E-state index contributed by atoms with van der Waals surface area (Å²) in [6.45, 7) is 0. The number of furan rings is 1. The summed E-state index contributed by atoms with van der Waals surface area (Å²) in [5.74, 6) is -0.121. The SMILES string of the molecule is COc1ccccc1-c1cc(C(=O)O)c2c(-c3ccco3)noc2n1. The summed E-state index contributed by atoms with van der Waals surface area (Å²) in [4.78, 5) is 16.2. The van der Waals surface area contributed by atoms with E-state index in [1.54, 1.807) is 31.4 Å². The number of carboxylic acids is 1. The Hall–Kier alpha value is -3.61. The van der Waals surface area contributed by atoms with Gasteiger partial charge >= 0.3 is 5.97 Å². The molecule has 0 spiro atoms. The Kier molecular flexibility index (Phi) is 3.46. The average molecular weight is 336 g/mol. The molecule has 0 amide bonds. The molecule has 7 nitrogen and oxygen atoms in total. The maximum Gasteiger partial charge on any atom is 0.336 e. The number of carboxylic acid groups (broad SMARTS) is 1. The van der Waals surface area contributed by atoms with E-state index in [9.17, 15) is 9.90 Å². The van der Waals surface area contributed by atoms with E-state index >= 15 is 0 Å². The van der Waals surface area contributed by atoms with Crippen molar-refractivity contribution in [3.8, 4) is 28.5 Å². The molecule has 1 aromatic carbocycles. The van der Waals surface area contributed by atoms with Gasteiger partial charge in [-0.3, -0.25) is 0 Å². The number of rotatable bonds is 4. The molecule has 0 bridgehead atoms. The van der Waals surface area contributed by atoms with Gasteiger partial charge in [-0.1, -0.05) is 17.3 Å². The quantitative estimate of drug-likeness (QED) is 0.604. The third kappa shape index (κ3) is 2.42. The van der Waals surface area contributed by atoms with Crippen LogP contribution in [0.15, 0.2) is 57.7 Å². The number of aromatic nitrogens is 2. The van der Waals surface area contributed by atoms with E-state index in [0.717, 1.165) is 0 Å². The van der Waals surface area contributed by atoms with Gasteiger partial charge in [0.05, 0.1) is 30.0 Å². The highest BCUT2D eigenvalue weighted by Gasteiger charge is 2.23. The summed E-state index contributed by atoms with van der Waals surface area (Å²) in [5.41, 5.74) is 1.53. The second kappa shape index (κ2) is 5.79. The van der Waals surface area contributed by atoms with E-state index in [2.05, 4.69) is 10.1 Å². The van der Waals surface area contributed by atoms with Gasteiger partial charge in [-0.15, -0.1) is 0 Å². The maximum absolute atomic E-state index is 11.8. The van der Waals surface area contributed by atoms with E-state index in [0.29, 0.717) is 33.8 Å². The molecule has 0 aliphatic carbocycles. The zero-order chi connectivity index (χ0) is 17.4. The van der Waals surface area contributed by atoms with E-state index in [4.69, 9.17) is 13.7 Å². The van der Waals surface area contributed by atoms with Crippen molar-refractivity contribution < 1.29 is 23.6 Å². The standard InChI is InChI=1S/C18H12N2O5/c1-23-13-6-3-2-5-10(13)12-9-11(18(21)22)15-16(14-7-4-8-24-14)20-25-17(15)19-12/h2-9H,1H3,(H,21,22). The van der Waals surface area contributed by atoms with Gasteiger partial charge in [0.1, 0.15) is 5.75 Å². The van der Waals surface area contributed by atoms with Gasteiger partial charge in [0.15, 0.2) is 11.5 Å². The van der Waals surface area contributed by atoms with Crippen LogP contribution in [0.2, 0.25) is 0 Å². The first kappa shape index (κ1) is 14.9. The van der Waals surface area contributed by atoms with Crippen molar-refractivity contribution >= 4 is 17.1 Å². The number of hydrogen-bond acceptors (Lipinski definition) is 6. The Labute approximate surface area is 141 Å². The molecule has 4 rings (SSSR count). The van der Waals surface area contributed by atoms with Crippen LogP contribution in [-0.2, 0) is 0 Å². The summed E-state index contributed by atoms with van der Waals surface area (Å²) >= 11 is 0. The van der Waals surface area contributed by atoms with Crippen molar-refractivity contribution in [3.63, 3.8) is 0 Å². The molecule has 3 aromatic heterocycles. The number of fused-ring (bicyclic) bond motifs is 1. The van der Waals surface area contributed by atoms with Crippen molar-refractivity contribution in [2.24, 2.45) is 0 Å². The highest BCUT2D eigenvalue weighted by atomic mass is 16.5. The lowest BCUT2D eigenvalue weighted by Gasteiger charge is -2.08. The fourth-order valence-corrected chi connectivity index (χ4v) is 2.70. The summed E-state index contributed by atoms with van der Waals surface area (Å²) < 4.78 is 15.9. The van der Waals surface area contributed by atoms with Crippen molar-refractivity contribution in [2.45, 2.75) is 0 Å². The predicted octanol–water partition coefficient (Wildman–Crippen LogP) is 3.86. The molecule has 3 heterocycles. The minimum Gasteiger partial charge on any atom is -0.496 e. The molecule has 0 unspecified atom stereocenters. The minimum atomic E-state index is -1.11. The second-order valence-electron chi connectivity index (χ2n) is 5.25. The van der Waals surface area contributed by atoms with E-state index in [1.807, 2.05) is 12.1 Å². The minimum absolute atomic E-state index is 0.0264. The van der Waals surface area contributed by atoms with Gasteiger partial charge in [-0.05, 0) is 30.3 Å². The summed E-state index contributed by atoms with van der Waals surface area (Å²) in [6.07, 6.45) is 1.48. The van der Waals surface area contributed by atoms with Crippen LogP contribution in [0, 0.1) is 0 Å². The molecule has 0 atom stereocenters. The Bertz CT molecular complexity index is 1070. The number of carbonyl (C=O) groups is 1. The first-order valence-corrected chi connectivity index (χ1v) is 7.40.